The fourth-order valence-electron chi connectivity index (χ4n) is 4.17. The molecule has 1 unspecified atom stereocenters. The maximum atomic E-state index is 5.46. The van der Waals surface area contributed by atoms with Crippen LogP contribution in [-0.4, -0.2) is 18.6 Å². The van der Waals surface area contributed by atoms with Crippen LogP contribution in [0.3, 0.4) is 0 Å². The van der Waals surface area contributed by atoms with Crippen LogP contribution in [0.15, 0.2) is 78.9 Å². The van der Waals surface area contributed by atoms with Crippen LogP contribution in [0.2, 0.25) is 0 Å². The minimum Gasteiger partial charge on any atom is -0.497 e. The Hall–Kier alpha value is -2.58. The van der Waals surface area contributed by atoms with Crippen molar-refractivity contribution >= 4 is 0 Å². The van der Waals surface area contributed by atoms with Crippen LogP contribution in [0, 0.1) is 0 Å². The van der Waals surface area contributed by atoms with Gasteiger partial charge in [-0.1, -0.05) is 66.7 Å². The average molecular weight is 343 g/mol. The number of nitrogens with zero attached hydrogens (tertiary/aromatic N) is 1. The second kappa shape index (κ2) is 6.97. The summed E-state index contributed by atoms with van der Waals surface area (Å²) in [4.78, 5) is 2.60. The number of hydrogen-bond acceptors (Lipinski definition) is 2. The van der Waals surface area contributed by atoms with Gasteiger partial charge in [0.2, 0.25) is 0 Å². The maximum Gasteiger partial charge on any atom is 0.119 e. The smallest absolute Gasteiger partial charge is 0.119 e. The largest absolute Gasteiger partial charge is 0.497 e. The molecule has 2 heteroatoms. The van der Waals surface area contributed by atoms with E-state index in [2.05, 4.69) is 90.7 Å². The van der Waals surface area contributed by atoms with Gasteiger partial charge in [-0.3, -0.25) is 4.90 Å². The monoisotopic (exact) mass is 343 g/mol. The molecule has 2 nitrogen and oxygen atoms in total. The van der Waals surface area contributed by atoms with Gasteiger partial charge in [0.25, 0.3) is 0 Å². The Morgan fingerprint density at radius 2 is 1.62 bits per heavy atom. The van der Waals surface area contributed by atoms with E-state index < -0.39 is 0 Å². The molecule has 4 rings (SSSR count). The molecule has 0 spiro atoms. The van der Waals surface area contributed by atoms with E-state index in [1.54, 1.807) is 7.11 Å². The van der Waals surface area contributed by atoms with Gasteiger partial charge in [-0.05, 0) is 47.7 Å². The molecule has 1 heterocycles. The van der Waals surface area contributed by atoms with Gasteiger partial charge in [0, 0.05) is 13.1 Å². The van der Waals surface area contributed by atoms with Crippen LogP contribution in [-0.2, 0) is 18.5 Å². The quantitative estimate of drug-likeness (QED) is 0.660. The van der Waals surface area contributed by atoms with Gasteiger partial charge >= 0.3 is 0 Å². The lowest BCUT2D eigenvalue weighted by atomic mass is 9.76. The van der Waals surface area contributed by atoms with Gasteiger partial charge in [-0.2, -0.15) is 0 Å². The topological polar surface area (TPSA) is 12.5 Å². The van der Waals surface area contributed by atoms with Crippen molar-refractivity contribution in [3.63, 3.8) is 0 Å². The lowest BCUT2D eigenvalue weighted by molar-refractivity contribution is 0.117. The van der Waals surface area contributed by atoms with E-state index >= 15 is 0 Å². The summed E-state index contributed by atoms with van der Waals surface area (Å²) >= 11 is 0. The van der Waals surface area contributed by atoms with Gasteiger partial charge in [0.15, 0.2) is 0 Å². The molecule has 3 aromatic carbocycles. The molecule has 26 heavy (non-hydrogen) atoms. The Morgan fingerprint density at radius 1 is 0.923 bits per heavy atom. The standard InChI is InChI=1S/C24H25NO/c1-24(21-11-7-4-8-12-21)23-14-13-22(26-2)17-20(23)15-16-25(24)18-19-9-5-3-6-10-19/h3-14,17H,15-16,18H2,1-2H3. The van der Waals surface area contributed by atoms with E-state index in [-0.39, 0.29) is 5.54 Å². The maximum absolute atomic E-state index is 5.46. The molecule has 0 amide bonds. The van der Waals surface area contributed by atoms with Crippen molar-refractivity contribution in [3.8, 4) is 5.75 Å². The summed E-state index contributed by atoms with van der Waals surface area (Å²) in [6, 6.07) is 28.2. The van der Waals surface area contributed by atoms with Crippen LogP contribution in [0.4, 0.5) is 0 Å². The highest BCUT2D eigenvalue weighted by molar-refractivity contribution is 5.47. The second-order valence-corrected chi connectivity index (χ2v) is 7.12. The Balaban J connectivity index is 1.82. The van der Waals surface area contributed by atoms with Crippen molar-refractivity contribution < 1.29 is 4.74 Å². The van der Waals surface area contributed by atoms with Gasteiger partial charge in [0.1, 0.15) is 5.75 Å². The van der Waals surface area contributed by atoms with Gasteiger partial charge in [-0.25, -0.2) is 0 Å². The fraction of sp³-hybridized carbons (Fsp3) is 0.250. The normalized spacial score (nSPS) is 19.8. The molecule has 0 bridgehead atoms. The van der Waals surface area contributed by atoms with E-state index in [9.17, 15) is 0 Å². The first kappa shape index (κ1) is 16.9. The summed E-state index contributed by atoms with van der Waals surface area (Å²) in [5.74, 6) is 0.940. The summed E-state index contributed by atoms with van der Waals surface area (Å²) in [5.41, 5.74) is 5.30. The molecule has 0 saturated heterocycles. The zero-order chi connectivity index (χ0) is 18.0. The predicted octanol–water partition coefficient (Wildman–Crippen LogP) is 5.02. The molecule has 1 aliphatic heterocycles. The zero-order valence-corrected chi connectivity index (χ0v) is 15.5. The van der Waals surface area contributed by atoms with Gasteiger partial charge < -0.3 is 4.74 Å². The Morgan fingerprint density at radius 3 is 2.31 bits per heavy atom. The summed E-state index contributed by atoms with van der Waals surface area (Å²) in [5, 5.41) is 0. The highest BCUT2D eigenvalue weighted by Crippen LogP contribution is 2.42. The fourth-order valence-corrected chi connectivity index (χ4v) is 4.17. The number of fused-ring (bicyclic) bond motifs is 1. The zero-order valence-electron chi connectivity index (χ0n) is 15.5. The van der Waals surface area contributed by atoms with Crippen molar-refractivity contribution in [2.75, 3.05) is 13.7 Å². The molecular weight excluding hydrogens is 318 g/mol. The highest BCUT2D eigenvalue weighted by atomic mass is 16.5. The van der Waals surface area contributed by atoms with Gasteiger partial charge in [0.05, 0.1) is 12.6 Å². The van der Waals surface area contributed by atoms with E-state index in [4.69, 9.17) is 4.74 Å². The van der Waals surface area contributed by atoms with Crippen LogP contribution in [0.1, 0.15) is 29.2 Å². The number of benzene rings is 3. The Labute approximate surface area is 156 Å². The van der Waals surface area contributed by atoms with Crippen molar-refractivity contribution in [3.05, 3.63) is 101 Å². The van der Waals surface area contributed by atoms with Crippen molar-refractivity contribution in [2.24, 2.45) is 0 Å². The summed E-state index contributed by atoms with van der Waals surface area (Å²) in [7, 11) is 1.74. The van der Waals surface area contributed by atoms with E-state index in [0.717, 1.165) is 25.3 Å². The van der Waals surface area contributed by atoms with E-state index in [0.29, 0.717) is 0 Å². The minimum atomic E-state index is -0.156. The molecule has 0 N–H and O–H groups in total. The summed E-state index contributed by atoms with van der Waals surface area (Å²) < 4.78 is 5.46. The van der Waals surface area contributed by atoms with E-state index in [1.807, 2.05) is 0 Å². The SMILES string of the molecule is COc1ccc2c(c1)CCN(Cc1ccccc1)C2(C)c1ccccc1. The third-order valence-corrected chi connectivity index (χ3v) is 5.67. The molecule has 0 radical (unpaired) electrons. The minimum absolute atomic E-state index is 0.156. The molecule has 1 aliphatic rings. The average Bonchev–Trinajstić information content (AvgIpc) is 2.71. The molecule has 1 atom stereocenters. The van der Waals surface area contributed by atoms with Crippen LogP contribution in [0.5, 0.6) is 5.75 Å². The Bertz CT molecular complexity index is 875. The van der Waals surface area contributed by atoms with E-state index in [1.165, 1.54) is 22.3 Å². The molecule has 0 aromatic heterocycles. The molecular formula is C24H25NO. The lowest BCUT2D eigenvalue weighted by Crippen LogP contribution is -2.48. The van der Waals surface area contributed by atoms with Crippen molar-refractivity contribution in [2.45, 2.75) is 25.4 Å². The number of methoxy groups -OCH3 is 1. The van der Waals surface area contributed by atoms with Gasteiger partial charge in [-0.15, -0.1) is 0 Å². The molecule has 132 valence electrons. The van der Waals surface area contributed by atoms with Crippen LogP contribution < -0.4 is 4.74 Å². The summed E-state index contributed by atoms with van der Waals surface area (Å²) in [6.45, 7) is 4.33. The first-order chi connectivity index (χ1) is 12.7. The lowest BCUT2D eigenvalue weighted by Gasteiger charge is -2.47. The van der Waals surface area contributed by atoms with Crippen LogP contribution in [0.25, 0.3) is 0 Å². The number of rotatable bonds is 4. The third-order valence-electron chi connectivity index (χ3n) is 5.67. The van der Waals surface area contributed by atoms with Crippen LogP contribution >= 0.6 is 0 Å². The molecule has 0 fully saturated rings. The first-order valence-electron chi connectivity index (χ1n) is 9.23. The van der Waals surface area contributed by atoms with Crippen molar-refractivity contribution in [1.82, 2.24) is 4.90 Å². The predicted molar refractivity (Wildman–Crippen MR) is 106 cm³/mol. The highest BCUT2D eigenvalue weighted by Gasteiger charge is 2.40. The number of ether oxygens (including phenoxy) is 1. The van der Waals surface area contributed by atoms with Crippen molar-refractivity contribution in [1.29, 1.82) is 0 Å². The summed E-state index contributed by atoms with van der Waals surface area (Å²) in [6.07, 6.45) is 1.04. The molecule has 0 aliphatic carbocycles. The molecule has 0 saturated carbocycles. The second-order valence-electron chi connectivity index (χ2n) is 7.12. The first-order valence-corrected chi connectivity index (χ1v) is 9.23. The third kappa shape index (κ3) is 2.91. The number of hydrogen-bond donors (Lipinski definition) is 0. The Kier molecular flexibility index (Phi) is 4.52. The molecule has 3 aromatic rings.